The molecule has 0 spiro atoms. The molecule has 1 aliphatic rings. The van der Waals surface area contributed by atoms with Gasteiger partial charge in [-0.1, -0.05) is 0 Å². The van der Waals surface area contributed by atoms with Gasteiger partial charge in [-0.05, 0) is 47.2 Å². The van der Waals surface area contributed by atoms with Crippen molar-refractivity contribution in [2.75, 3.05) is 19.8 Å². The van der Waals surface area contributed by atoms with Crippen LogP contribution in [0.3, 0.4) is 0 Å². The molecule has 5 heteroatoms. The number of carbonyl (C=O) groups is 1. The van der Waals surface area contributed by atoms with Gasteiger partial charge in [-0.3, -0.25) is 4.79 Å². The van der Waals surface area contributed by atoms with Crippen LogP contribution < -0.4 is 5.32 Å². The van der Waals surface area contributed by atoms with E-state index in [0.717, 1.165) is 30.0 Å². The number of rotatable bonds is 7. The molecule has 1 aromatic heterocycles. The minimum absolute atomic E-state index is 0.0367. The Kier molecular flexibility index (Phi) is 4.83. The summed E-state index contributed by atoms with van der Waals surface area (Å²) in [5, 5.41) is 2.90. The Labute approximate surface area is 116 Å². The molecular formula is C13H19BrN2O2. The van der Waals surface area contributed by atoms with Crippen molar-refractivity contribution in [3.05, 3.63) is 22.4 Å². The maximum atomic E-state index is 11.8. The zero-order chi connectivity index (χ0) is 13.0. The summed E-state index contributed by atoms with van der Waals surface area (Å²) in [6, 6.07) is 1.82. The van der Waals surface area contributed by atoms with Gasteiger partial charge < -0.3 is 14.6 Å². The Balaban J connectivity index is 1.60. The van der Waals surface area contributed by atoms with Crippen LogP contribution in [0, 0.1) is 5.92 Å². The molecule has 0 aliphatic heterocycles. The molecule has 100 valence electrons. The Bertz CT molecular complexity index is 413. The zero-order valence-corrected chi connectivity index (χ0v) is 12.2. The van der Waals surface area contributed by atoms with Gasteiger partial charge in [-0.15, -0.1) is 0 Å². The molecule has 1 saturated carbocycles. The molecule has 0 aromatic carbocycles. The average molecular weight is 315 g/mol. The Morgan fingerprint density at radius 2 is 2.39 bits per heavy atom. The minimum Gasteiger partial charge on any atom is -0.381 e. The van der Waals surface area contributed by atoms with E-state index in [1.54, 1.807) is 0 Å². The monoisotopic (exact) mass is 314 g/mol. The number of halogens is 1. The summed E-state index contributed by atoms with van der Waals surface area (Å²) >= 11 is 3.35. The first-order valence-corrected chi connectivity index (χ1v) is 7.14. The van der Waals surface area contributed by atoms with Gasteiger partial charge >= 0.3 is 0 Å². The van der Waals surface area contributed by atoms with Crippen LogP contribution >= 0.6 is 15.9 Å². The van der Waals surface area contributed by atoms with Crippen molar-refractivity contribution in [1.29, 1.82) is 0 Å². The molecule has 1 aliphatic carbocycles. The summed E-state index contributed by atoms with van der Waals surface area (Å²) in [5.74, 6) is 0.769. The van der Waals surface area contributed by atoms with Gasteiger partial charge in [-0.25, -0.2) is 0 Å². The maximum absolute atomic E-state index is 11.8. The normalized spacial score (nSPS) is 14.8. The lowest BCUT2D eigenvalue weighted by Gasteiger charge is -2.06. The molecule has 1 N–H and O–H groups in total. The van der Waals surface area contributed by atoms with Gasteiger partial charge in [0.2, 0.25) is 0 Å². The quantitative estimate of drug-likeness (QED) is 0.785. The summed E-state index contributed by atoms with van der Waals surface area (Å²) < 4.78 is 8.24. The number of aryl methyl sites for hydroxylation is 1. The Hall–Kier alpha value is -0.810. The van der Waals surface area contributed by atoms with Crippen LogP contribution in [0.15, 0.2) is 16.7 Å². The number of nitrogens with zero attached hydrogens (tertiary/aromatic N) is 1. The first kappa shape index (κ1) is 13.6. The van der Waals surface area contributed by atoms with Crippen LogP contribution in [0.1, 0.15) is 29.8 Å². The van der Waals surface area contributed by atoms with Gasteiger partial charge in [0.05, 0.1) is 0 Å². The van der Waals surface area contributed by atoms with Crippen molar-refractivity contribution in [1.82, 2.24) is 9.88 Å². The third kappa shape index (κ3) is 4.14. The smallest absolute Gasteiger partial charge is 0.267 e. The largest absolute Gasteiger partial charge is 0.381 e. The van der Waals surface area contributed by atoms with Crippen molar-refractivity contribution in [2.45, 2.75) is 19.3 Å². The third-order valence-corrected chi connectivity index (χ3v) is 3.44. The van der Waals surface area contributed by atoms with E-state index in [1.807, 2.05) is 23.9 Å². The van der Waals surface area contributed by atoms with E-state index >= 15 is 0 Å². The van der Waals surface area contributed by atoms with Gasteiger partial charge in [-0.2, -0.15) is 0 Å². The summed E-state index contributed by atoms with van der Waals surface area (Å²) in [6.07, 6.45) is 5.37. The molecule has 0 atom stereocenters. The molecule has 2 rings (SSSR count). The van der Waals surface area contributed by atoms with Crippen LogP contribution in [0.25, 0.3) is 0 Å². The molecule has 1 amide bonds. The van der Waals surface area contributed by atoms with Crippen LogP contribution in [0.4, 0.5) is 0 Å². The van der Waals surface area contributed by atoms with E-state index in [9.17, 15) is 4.79 Å². The molecule has 0 radical (unpaired) electrons. The molecular weight excluding hydrogens is 296 g/mol. The maximum Gasteiger partial charge on any atom is 0.267 e. The van der Waals surface area contributed by atoms with Crippen molar-refractivity contribution in [2.24, 2.45) is 13.0 Å². The first-order valence-electron chi connectivity index (χ1n) is 6.34. The Morgan fingerprint density at radius 3 is 3.00 bits per heavy atom. The second kappa shape index (κ2) is 6.38. The number of hydrogen-bond donors (Lipinski definition) is 1. The molecule has 0 bridgehead atoms. The number of carbonyl (C=O) groups excluding carboxylic acids is 1. The van der Waals surface area contributed by atoms with Crippen molar-refractivity contribution >= 4 is 21.8 Å². The van der Waals surface area contributed by atoms with E-state index in [1.165, 1.54) is 12.8 Å². The standard InChI is InChI=1S/C13H19BrN2O2/c1-16-8-11(14)7-12(16)13(17)15-5-2-6-18-9-10-3-4-10/h7-8,10H,2-6,9H2,1H3,(H,15,17). The first-order chi connectivity index (χ1) is 8.66. The summed E-state index contributed by atoms with van der Waals surface area (Å²) in [7, 11) is 1.86. The summed E-state index contributed by atoms with van der Waals surface area (Å²) in [4.78, 5) is 11.8. The van der Waals surface area contributed by atoms with Crippen LogP contribution in [-0.2, 0) is 11.8 Å². The number of ether oxygens (including phenoxy) is 1. The van der Waals surface area contributed by atoms with E-state index in [2.05, 4.69) is 21.2 Å². The lowest BCUT2D eigenvalue weighted by atomic mass is 10.3. The molecule has 1 aromatic rings. The number of nitrogens with one attached hydrogen (secondary N) is 1. The SMILES string of the molecule is Cn1cc(Br)cc1C(=O)NCCCOCC1CC1. The average Bonchev–Trinajstić information content (AvgIpc) is 3.08. The molecule has 0 unspecified atom stereocenters. The highest BCUT2D eigenvalue weighted by Crippen LogP contribution is 2.28. The zero-order valence-electron chi connectivity index (χ0n) is 10.6. The predicted molar refractivity (Wildman–Crippen MR) is 73.6 cm³/mol. The van der Waals surface area contributed by atoms with Crippen molar-refractivity contribution < 1.29 is 9.53 Å². The van der Waals surface area contributed by atoms with Gasteiger partial charge in [0, 0.05) is 37.5 Å². The highest BCUT2D eigenvalue weighted by molar-refractivity contribution is 9.10. The third-order valence-electron chi connectivity index (χ3n) is 3.01. The Morgan fingerprint density at radius 1 is 1.61 bits per heavy atom. The lowest BCUT2D eigenvalue weighted by Crippen LogP contribution is -2.27. The fraction of sp³-hybridized carbons (Fsp3) is 0.615. The second-order valence-electron chi connectivity index (χ2n) is 4.78. The lowest BCUT2D eigenvalue weighted by molar-refractivity contribution is 0.0929. The van der Waals surface area contributed by atoms with Gasteiger partial charge in [0.25, 0.3) is 5.91 Å². The van der Waals surface area contributed by atoms with Crippen LogP contribution in [0.2, 0.25) is 0 Å². The fourth-order valence-corrected chi connectivity index (χ4v) is 2.28. The summed E-state index contributed by atoms with van der Waals surface area (Å²) in [5.41, 5.74) is 0.667. The molecule has 0 saturated heterocycles. The van der Waals surface area contributed by atoms with E-state index in [0.29, 0.717) is 12.2 Å². The van der Waals surface area contributed by atoms with Crippen LogP contribution in [-0.4, -0.2) is 30.2 Å². The molecule has 1 heterocycles. The minimum atomic E-state index is -0.0367. The van der Waals surface area contributed by atoms with Crippen molar-refractivity contribution in [3.8, 4) is 0 Å². The second-order valence-corrected chi connectivity index (χ2v) is 5.70. The van der Waals surface area contributed by atoms with E-state index in [-0.39, 0.29) is 5.91 Å². The molecule has 18 heavy (non-hydrogen) atoms. The molecule has 4 nitrogen and oxygen atoms in total. The summed E-state index contributed by atoms with van der Waals surface area (Å²) in [6.45, 7) is 2.28. The van der Waals surface area contributed by atoms with Crippen LogP contribution in [0.5, 0.6) is 0 Å². The fourth-order valence-electron chi connectivity index (χ4n) is 1.75. The predicted octanol–water partition coefficient (Wildman–Crippen LogP) is 2.33. The number of aromatic nitrogens is 1. The highest BCUT2D eigenvalue weighted by atomic mass is 79.9. The number of amides is 1. The van der Waals surface area contributed by atoms with Gasteiger partial charge in [0.1, 0.15) is 5.69 Å². The highest BCUT2D eigenvalue weighted by Gasteiger charge is 2.20. The van der Waals surface area contributed by atoms with E-state index < -0.39 is 0 Å². The molecule has 1 fully saturated rings. The van der Waals surface area contributed by atoms with Crippen molar-refractivity contribution in [3.63, 3.8) is 0 Å². The topological polar surface area (TPSA) is 43.3 Å². The number of hydrogen-bond acceptors (Lipinski definition) is 2. The van der Waals surface area contributed by atoms with E-state index in [4.69, 9.17) is 4.74 Å². The van der Waals surface area contributed by atoms with Gasteiger partial charge in [0.15, 0.2) is 0 Å².